The topological polar surface area (TPSA) is 51.9 Å². The van der Waals surface area contributed by atoms with Crippen LogP contribution in [0.25, 0.3) is 11.0 Å². The number of amides is 1. The van der Waals surface area contributed by atoms with Crippen LogP contribution >= 0.6 is 0 Å². The smallest absolute Gasteiger partial charge is 0.227 e. The van der Waals surface area contributed by atoms with Gasteiger partial charge in [0.05, 0.1) is 18.7 Å². The van der Waals surface area contributed by atoms with Gasteiger partial charge >= 0.3 is 0 Å². The summed E-state index contributed by atoms with van der Waals surface area (Å²) in [4.78, 5) is 15.2. The Hall–Kier alpha value is -2.95. The summed E-state index contributed by atoms with van der Waals surface area (Å²) >= 11 is 0. The van der Waals surface area contributed by atoms with Gasteiger partial charge < -0.3 is 18.8 Å². The summed E-state index contributed by atoms with van der Waals surface area (Å²) in [6.45, 7) is 6.07. The minimum atomic E-state index is 0.0838. The molecule has 0 bridgehead atoms. The predicted octanol–water partition coefficient (Wildman–Crippen LogP) is 4.73. The van der Waals surface area contributed by atoms with Gasteiger partial charge in [-0.2, -0.15) is 0 Å². The van der Waals surface area contributed by atoms with E-state index in [2.05, 4.69) is 32.0 Å². The lowest BCUT2D eigenvalue weighted by Gasteiger charge is -2.26. The first-order valence-electron chi connectivity index (χ1n) is 10.3. The van der Waals surface area contributed by atoms with Gasteiger partial charge in [-0.15, -0.1) is 0 Å². The van der Waals surface area contributed by atoms with Crippen molar-refractivity contribution < 1.29 is 18.7 Å². The molecule has 2 aromatic carbocycles. The zero-order valence-electron chi connectivity index (χ0n) is 16.9. The Morgan fingerprint density at radius 2 is 1.93 bits per heavy atom. The number of benzene rings is 2. The molecule has 1 atom stereocenters. The van der Waals surface area contributed by atoms with Crippen LogP contribution in [0.1, 0.15) is 41.1 Å². The van der Waals surface area contributed by atoms with Crippen molar-refractivity contribution in [3.05, 3.63) is 58.8 Å². The van der Waals surface area contributed by atoms with Crippen LogP contribution < -0.4 is 9.47 Å². The number of nitrogens with zero attached hydrogens (tertiary/aromatic N) is 1. The molecule has 3 heterocycles. The highest BCUT2D eigenvalue weighted by molar-refractivity contribution is 5.89. The Morgan fingerprint density at radius 1 is 1.10 bits per heavy atom. The fraction of sp³-hybridized carbons (Fsp3) is 0.375. The van der Waals surface area contributed by atoms with Gasteiger partial charge in [0.1, 0.15) is 18.8 Å². The monoisotopic (exact) mass is 391 g/mol. The van der Waals surface area contributed by atoms with E-state index in [1.807, 2.05) is 17.0 Å². The summed E-state index contributed by atoms with van der Waals surface area (Å²) in [7, 11) is 0. The van der Waals surface area contributed by atoms with E-state index in [0.29, 0.717) is 19.6 Å². The number of ether oxygens (including phenoxy) is 2. The van der Waals surface area contributed by atoms with Crippen LogP contribution in [-0.2, 0) is 11.2 Å². The predicted molar refractivity (Wildman–Crippen MR) is 111 cm³/mol. The van der Waals surface area contributed by atoms with Gasteiger partial charge in [-0.3, -0.25) is 4.79 Å². The van der Waals surface area contributed by atoms with E-state index in [1.165, 1.54) is 5.56 Å². The molecule has 0 N–H and O–H groups in total. The van der Waals surface area contributed by atoms with Gasteiger partial charge in [0.15, 0.2) is 11.5 Å². The highest BCUT2D eigenvalue weighted by atomic mass is 16.6. The summed E-state index contributed by atoms with van der Waals surface area (Å²) in [5.74, 6) is 1.70. The number of fused-ring (bicyclic) bond motifs is 2. The first kappa shape index (κ1) is 18.1. The molecule has 1 saturated heterocycles. The highest BCUT2D eigenvalue weighted by Gasteiger charge is 2.31. The van der Waals surface area contributed by atoms with Crippen molar-refractivity contribution in [2.75, 3.05) is 19.8 Å². The minimum Gasteiger partial charge on any atom is -0.486 e. The lowest BCUT2D eigenvalue weighted by molar-refractivity contribution is -0.131. The number of aryl methyl sites for hydroxylation is 2. The lowest BCUT2D eigenvalue weighted by atomic mass is 10.0. The SMILES string of the molecule is Cc1ccc2c(CC(=O)N3CCCC3c3ccc4c(c3)OCCO4)coc2c1C. The summed E-state index contributed by atoms with van der Waals surface area (Å²) in [5.41, 5.74) is 5.29. The zero-order chi connectivity index (χ0) is 20.0. The van der Waals surface area contributed by atoms with Crippen molar-refractivity contribution in [1.29, 1.82) is 0 Å². The Bertz CT molecular complexity index is 1080. The van der Waals surface area contributed by atoms with E-state index in [4.69, 9.17) is 13.9 Å². The van der Waals surface area contributed by atoms with E-state index in [-0.39, 0.29) is 11.9 Å². The minimum absolute atomic E-state index is 0.0838. The van der Waals surface area contributed by atoms with E-state index >= 15 is 0 Å². The van der Waals surface area contributed by atoms with E-state index in [0.717, 1.165) is 58.5 Å². The van der Waals surface area contributed by atoms with Gasteiger partial charge in [-0.05, 0) is 55.5 Å². The summed E-state index contributed by atoms with van der Waals surface area (Å²) in [6, 6.07) is 10.3. The fourth-order valence-electron chi connectivity index (χ4n) is 4.47. The number of carbonyl (C=O) groups excluding carboxylic acids is 1. The Labute approximate surface area is 170 Å². The number of carbonyl (C=O) groups is 1. The Kier molecular flexibility index (Phi) is 4.46. The Balaban J connectivity index is 1.39. The normalized spacial score (nSPS) is 18.4. The average molecular weight is 391 g/mol. The molecule has 0 radical (unpaired) electrons. The van der Waals surface area contributed by atoms with E-state index in [1.54, 1.807) is 6.26 Å². The third kappa shape index (κ3) is 3.15. The van der Waals surface area contributed by atoms with Gasteiger partial charge in [0, 0.05) is 17.5 Å². The molecule has 150 valence electrons. The van der Waals surface area contributed by atoms with Crippen molar-refractivity contribution >= 4 is 16.9 Å². The second kappa shape index (κ2) is 7.14. The molecule has 5 nitrogen and oxygen atoms in total. The quantitative estimate of drug-likeness (QED) is 0.648. The number of likely N-dealkylation sites (tertiary alicyclic amines) is 1. The van der Waals surface area contributed by atoms with E-state index < -0.39 is 0 Å². The highest BCUT2D eigenvalue weighted by Crippen LogP contribution is 2.38. The number of rotatable bonds is 3. The molecule has 0 spiro atoms. The lowest BCUT2D eigenvalue weighted by Crippen LogP contribution is -2.31. The van der Waals surface area contributed by atoms with Gasteiger partial charge in [-0.25, -0.2) is 0 Å². The maximum absolute atomic E-state index is 13.2. The fourth-order valence-corrected chi connectivity index (χ4v) is 4.47. The molecule has 1 amide bonds. The molecule has 1 unspecified atom stereocenters. The summed E-state index contributed by atoms with van der Waals surface area (Å²) in [6.07, 6.45) is 4.08. The maximum Gasteiger partial charge on any atom is 0.227 e. The van der Waals surface area contributed by atoms with Crippen molar-refractivity contribution in [2.45, 2.75) is 39.2 Å². The van der Waals surface area contributed by atoms with Crippen LogP contribution in [0.15, 0.2) is 41.0 Å². The molecule has 29 heavy (non-hydrogen) atoms. The first-order chi connectivity index (χ1) is 14.1. The third-order valence-electron chi connectivity index (χ3n) is 6.21. The summed E-state index contributed by atoms with van der Waals surface area (Å²) in [5, 5.41) is 1.04. The molecule has 1 aromatic heterocycles. The van der Waals surface area contributed by atoms with Crippen LogP contribution in [-0.4, -0.2) is 30.6 Å². The molecule has 3 aromatic rings. The number of furan rings is 1. The van der Waals surface area contributed by atoms with Crippen LogP contribution in [0.5, 0.6) is 11.5 Å². The van der Waals surface area contributed by atoms with Gasteiger partial charge in [0.25, 0.3) is 0 Å². The standard InChI is InChI=1S/C24H25NO4/c1-15-5-7-19-18(14-29-24(19)16(15)2)13-23(26)25-9-3-4-20(25)17-6-8-21-22(12-17)28-11-10-27-21/h5-8,12,14,20H,3-4,9-11,13H2,1-2H3. The van der Waals surface area contributed by atoms with Crippen molar-refractivity contribution in [2.24, 2.45) is 0 Å². The van der Waals surface area contributed by atoms with E-state index in [9.17, 15) is 4.79 Å². The van der Waals surface area contributed by atoms with Crippen LogP contribution in [0.3, 0.4) is 0 Å². The molecule has 0 saturated carbocycles. The summed E-state index contributed by atoms with van der Waals surface area (Å²) < 4.78 is 17.2. The number of hydrogen-bond acceptors (Lipinski definition) is 4. The second-order valence-corrected chi connectivity index (χ2v) is 7.97. The number of hydrogen-bond donors (Lipinski definition) is 0. The van der Waals surface area contributed by atoms with Crippen LogP contribution in [0, 0.1) is 13.8 Å². The Morgan fingerprint density at radius 3 is 2.79 bits per heavy atom. The third-order valence-corrected chi connectivity index (χ3v) is 6.21. The second-order valence-electron chi connectivity index (χ2n) is 7.97. The molecule has 5 rings (SSSR count). The van der Waals surface area contributed by atoms with Crippen molar-refractivity contribution in [1.82, 2.24) is 4.90 Å². The van der Waals surface area contributed by atoms with Crippen molar-refractivity contribution in [3.63, 3.8) is 0 Å². The molecule has 5 heteroatoms. The molecular formula is C24H25NO4. The van der Waals surface area contributed by atoms with Crippen molar-refractivity contribution in [3.8, 4) is 11.5 Å². The van der Waals surface area contributed by atoms with Crippen LogP contribution in [0.4, 0.5) is 0 Å². The van der Waals surface area contributed by atoms with Gasteiger partial charge in [0.2, 0.25) is 5.91 Å². The zero-order valence-corrected chi connectivity index (χ0v) is 16.9. The van der Waals surface area contributed by atoms with Gasteiger partial charge in [-0.1, -0.05) is 18.2 Å². The largest absolute Gasteiger partial charge is 0.486 e. The average Bonchev–Trinajstić information content (AvgIpc) is 3.38. The molecule has 0 aliphatic carbocycles. The molecule has 1 fully saturated rings. The molecule has 2 aliphatic heterocycles. The maximum atomic E-state index is 13.2. The molecule has 2 aliphatic rings. The first-order valence-corrected chi connectivity index (χ1v) is 10.3. The van der Waals surface area contributed by atoms with Crippen LogP contribution in [0.2, 0.25) is 0 Å². The molecular weight excluding hydrogens is 366 g/mol.